The molecule has 3 aromatic carbocycles. The lowest BCUT2D eigenvalue weighted by Crippen LogP contribution is -2.42. The highest BCUT2D eigenvalue weighted by Gasteiger charge is 2.36. The number of furan rings is 1. The lowest BCUT2D eigenvalue weighted by molar-refractivity contribution is -0.0494. The number of rotatable bonds is 6. The summed E-state index contributed by atoms with van der Waals surface area (Å²) in [5.74, 6) is -3.40. The predicted octanol–water partition coefficient (Wildman–Crippen LogP) is 8.45. The first-order valence-electron chi connectivity index (χ1n) is 14.2. The molecule has 1 saturated heterocycles. The van der Waals surface area contributed by atoms with Crippen molar-refractivity contribution in [2.45, 2.75) is 51.7 Å². The van der Waals surface area contributed by atoms with Gasteiger partial charge in [0.15, 0.2) is 0 Å². The third-order valence-corrected chi connectivity index (χ3v) is 7.22. The van der Waals surface area contributed by atoms with Crippen LogP contribution in [0.1, 0.15) is 49.7 Å². The molecule has 6 nitrogen and oxygen atoms in total. The normalized spacial score (nSPS) is 14.8. The summed E-state index contributed by atoms with van der Waals surface area (Å²) in [6.07, 6.45) is -1.43. The fourth-order valence-corrected chi connectivity index (χ4v) is 4.99. The van der Waals surface area contributed by atoms with Crippen LogP contribution in [-0.2, 0) is 11.3 Å². The van der Waals surface area contributed by atoms with Crippen LogP contribution >= 0.6 is 0 Å². The summed E-state index contributed by atoms with van der Waals surface area (Å²) in [5, 5.41) is 2.65. The molecule has 0 spiro atoms. The van der Waals surface area contributed by atoms with Gasteiger partial charge >= 0.3 is 6.09 Å². The highest BCUT2D eigenvalue weighted by atomic mass is 19.3. The van der Waals surface area contributed by atoms with Gasteiger partial charge in [0.2, 0.25) is 0 Å². The standard InChI is InChI=1S/C34H32F4N2O4/c1-33(2,3)44-32(42)39-20-25-10-13-30(43-25)27-12-6-22(18-28(27)21-4-8-24(35)9-5-21)26-11-7-23(19-29(26)36)31(41)40-16-14-34(37,38)15-17-40/h4-13,18-19H,14-17,20H2,1-3H3,(H,39,42). The van der Waals surface area contributed by atoms with E-state index in [2.05, 4.69) is 5.32 Å². The Bertz CT molecular complexity index is 1670. The molecule has 44 heavy (non-hydrogen) atoms. The number of carbonyl (C=O) groups is 2. The van der Waals surface area contributed by atoms with Crippen molar-refractivity contribution < 1.29 is 36.3 Å². The van der Waals surface area contributed by atoms with Crippen molar-refractivity contribution >= 4 is 12.0 Å². The summed E-state index contributed by atoms with van der Waals surface area (Å²) in [6.45, 7) is 5.19. The molecule has 0 radical (unpaired) electrons. The van der Waals surface area contributed by atoms with Crippen LogP contribution in [0.2, 0.25) is 0 Å². The summed E-state index contributed by atoms with van der Waals surface area (Å²) in [6, 6.07) is 18.6. The fraction of sp³-hybridized carbons (Fsp3) is 0.294. The summed E-state index contributed by atoms with van der Waals surface area (Å²) < 4.78 is 67.6. The van der Waals surface area contributed by atoms with Gasteiger partial charge < -0.3 is 19.4 Å². The summed E-state index contributed by atoms with van der Waals surface area (Å²) >= 11 is 0. The van der Waals surface area contributed by atoms with Crippen LogP contribution < -0.4 is 5.32 Å². The Morgan fingerprint density at radius 2 is 1.52 bits per heavy atom. The molecule has 1 aliphatic rings. The van der Waals surface area contributed by atoms with Gasteiger partial charge in [0.05, 0.1) is 6.54 Å². The SMILES string of the molecule is CC(C)(C)OC(=O)NCc1ccc(-c2ccc(-c3ccc(C(=O)N4CCC(F)(F)CC4)cc3F)cc2-c2ccc(F)cc2)o1. The number of piperidine rings is 1. The van der Waals surface area contributed by atoms with Crippen molar-refractivity contribution in [3.63, 3.8) is 0 Å². The monoisotopic (exact) mass is 608 g/mol. The Hall–Kier alpha value is -4.60. The number of likely N-dealkylation sites (tertiary alicyclic amines) is 1. The van der Waals surface area contributed by atoms with Gasteiger partial charge in [-0.1, -0.05) is 24.3 Å². The molecular weight excluding hydrogens is 576 g/mol. The van der Waals surface area contributed by atoms with Gasteiger partial charge in [-0.05, 0) is 86.0 Å². The zero-order chi connectivity index (χ0) is 31.6. The van der Waals surface area contributed by atoms with Gasteiger partial charge in [-0.3, -0.25) is 4.79 Å². The Balaban J connectivity index is 1.42. The molecule has 0 bridgehead atoms. The van der Waals surface area contributed by atoms with Crippen molar-refractivity contribution in [3.05, 3.63) is 95.8 Å². The molecule has 0 saturated carbocycles. The number of hydrogen-bond donors (Lipinski definition) is 1. The molecule has 1 aromatic heterocycles. The van der Waals surface area contributed by atoms with Crippen LogP contribution in [0.3, 0.4) is 0 Å². The number of hydrogen-bond acceptors (Lipinski definition) is 4. The highest BCUT2D eigenvalue weighted by Crippen LogP contribution is 2.38. The van der Waals surface area contributed by atoms with Gasteiger partial charge in [0, 0.05) is 42.6 Å². The number of nitrogens with one attached hydrogen (secondary N) is 1. The van der Waals surface area contributed by atoms with Crippen LogP contribution in [0.15, 0.2) is 77.2 Å². The number of halogens is 4. The number of alkyl halides is 2. The van der Waals surface area contributed by atoms with Crippen LogP contribution in [0.4, 0.5) is 22.4 Å². The van der Waals surface area contributed by atoms with E-state index in [0.717, 1.165) is 6.07 Å². The van der Waals surface area contributed by atoms with Crippen LogP contribution in [-0.4, -0.2) is 41.5 Å². The predicted molar refractivity (Wildman–Crippen MR) is 158 cm³/mol. The number of amides is 2. The largest absolute Gasteiger partial charge is 0.459 e. The Morgan fingerprint density at radius 1 is 0.864 bits per heavy atom. The number of carbonyl (C=O) groups excluding carboxylic acids is 2. The molecule has 1 N–H and O–H groups in total. The van der Waals surface area contributed by atoms with Gasteiger partial charge in [-0.15, -0.1) is 0 Å². The molecule has 0 aliphatic carbocycles. The lowest BCUT2D eigenvalue weighted by Gasteiger charge is -2.31. The quantitative estimate of drug-likeness (QED) is 0.223. The van der Waals surface area contributed by atoms with Crippen molar-refractivity contribution in [2.24, 2.45) is 0 Å². The maximum atomic E-state index is 15.4. The molecule has 0 unspecified atom stereocenters. The Labute approximate surface area is 252 Å². The summed E-state index contributed by atoms with van der Waals surface area (Å²) in [7, 11) is 0. The zero-order valence-corrected chi connectivity index (χ0v) is 24.6. The zero-order valence-electron chi connectivity index (χ0n) is 24.6. The van der Waals surface area contributed by atoms with Crippen LogP contribution in [0.25, 0.3) is 33.6 Å². The van der Waals surface area contributed by atoms with E-state index in [1.54, 1.807) is 63.2 Å². The topological polar surface area (TPSA) is 71.8 Å². The maximum absolute atomic E-state index is 15.4. The highest BCUT2D eigenvalue weighted by molar-refractivity contribution is 5.95. The van der Waals surface area contributed by atoms with Gasteiger partial charge in [0.25, 0.3) is 11.8 Å². The molecular formula is C34H32F4N2O4. The summed E-state index contributed by atoms with van der Waals surface area (Å²) in [5.41, 5.74) is 2.10. The first-order chi connectivity index (χ1) is 20.8. The van der Waals surface area contributed by atoms with Crippen molar-refractivity contribution in [3.8, 4) is 33.6 Å². The third kappa shape index (κ3) is 7.30. The number of benzene rings is 3. The van der Waals surface area contributed by atoms with Crippen molar-refractivity contribution in [2.75, 3.05) is 13.1 Å². The molecule has 0 atom stereocenters. The fourth-order valence-electron chi connectivity index (χ4n) is 4.99. The van der Waals surface area contributed by atoms with E-state index in [1.165, 1.54) is 29.2 Å². The second-order valence-corrected chi connectivity index (χ2v) is 11.7. The first-order valence-corrected chi connectivity index (χ1v) is 14.2. The smallest absolute Gasteiger partial charge is 0.408 e. The van der Waals surface area contributed by atoms with Gasteiger partial charge in [-0.25, -0.2) is 22.4 Å². The van der Waals surface area contributed by atoms with E-state index in [1.807, 2.05) is 0 Å². The lowest BCUT2D eigenvalue weighted by atomic mass is 9.93. The number of alkyl carbamates (subject to hydrolysis) is 1. The van der Waals surface area contributed by atoms with E-state index in [4.69, 9.17) is 9.15 Å². The first kappa shape index (κ1) is 30.8. The van der Waals surface area contributed by atoms with Crippen molar-refractivity contribution in [1.29, 1.82) is 0 Å². The average Bonchev–Trinajstić information content (AvgIpc) is 3.44. The van der Waals surface area contributed by atoms with E-state index in [-0.39, 0.29) is 30.8 Å². The minimum atomic E-state index is -2.80. The molecule has 230 valence electrons. The maximum Gasteiger partial charge on any atom is 0.408 e. The number of ether oxygens (including phenoxy) is 1. The minimum Gasteiger partial charge on any atom is -0.459 e. The second kappa shape index (κ2) is 12.2. The molecule has 1 aliphatic heterocycles. The van der Waals surface area contributed by atoms with Gasteiger partial charge in [0.1, 0.15) is 28.8 Å². The van der Waals surface area contributed by atoms with Gasteiger partial charge in [-0.2, -0.15) is 0 Å². The van der Waals surface area contributed by atoms with Crippen LogP contribution in [0.5, 0.6) is 0 Å². The third-order valence-electron chi connectivity index (χ3n) is 7.22. The molecule has 2 amide bonds. The second-order valence-electron chi connectivity index (χ2n) is 11.7. The van der Waals surface area contributed by atoms with Crippen LogP contribution in [0, 0.1) is 11.6 Å². The van der Waals surface area contributed by atoms with E-state index in [0.29, 0.717) is 33.8 Å². The minimum absolute atomic E-state index is 0.0787. The summed E-state index contributed by atoms with van der Waals surface area (Å²) in [4.78, 5) is 26.2. The molecule has 2 heterocycles. The Kier molecular flexibility index (Phi) is 8.54. The molecule has 4 aromatic rings. The molecule has 5 rings (SSSR count). The number of nitrogens with zero attached hydrogens (tertiary/aromatic N) is 1. The average molecular weight is 609 g/mol. The molecule has 10 heteroatoms. The molecule has 1 fully saturated rings. The van der Waals surface area contributed by atoms with E-state index >= 15 is 4.39 Å². The Morgan fingerprint density at radius 3 is 2.18 bits per heavy atom. The van der Waals surface area contributed by atoms with E-state index < -0.39 is 48.0 Å². The van der Waals surface area contributed by atoms with Crippen molar-refractivity contribution in [1.82, 2.24) is 10.2 Å². The van der Waals surface area contributed by atoms with E-state index in [9.17, 15) is 22.8 Å².